The average molecular weight is 1280 g/mol. The molecule has 1 fully saturated rings. The van der Waals surface area contributed by atoms with E-state index in [1.807, 2.05) is 41.5 Å². The number of rotatable bonds is 19. The van der Waals surface area contributed by atoms with E-state index in [1.165, 1.54) is 77.8 Å². The van der Waals surface area contributed by atoms with E-state index in [-0.39, 0.29) is 63.0 Å². The Balaban J connectivity index is 4.53. The number of carbonyl (C=O) groups is 11. The number of nitrogens with zero attached hydrogens (tertiary/aromatic N) is 7. The predicted molar refractivity (Wildman–Crippen MR) is 342 cm³/mol. The topological polar surface area (TPSA) is 328 Å². The lowest BCUT2D eigenvalue weighted by Gasteiger charge is -2.41. The molecule has 0 spiro atoms. The number of allylic oxidation sites excluding steroid dienone is 1. The molecule has 0 saturated carbocycles. The molecule has 14 atom stereocenters. The molecule has 7 N–H and O–H groups in total. The molecule has 26 nitrogen and oxygen atoms in total. The SMILES string of the molecule is C/C=C/[C@@H](C)[C@@H](O)[C@H]1C(=O)N[C@@H](CC)C(=O)N(CCC)[C@H](CO)C(=O)N(C)C([C@@H](C)OCCO)C(=O)N[C@@H](C(C)C)C(=O)N(C)[C@@H](CC(C)C)C(=O)N[C@@H](C)C(=O)N[C@H](C)C(=O)N(C)[C@@H](CC(C)C)C(=O)N(C)[C@@H](CC(C)C)C(=O)N(C)[C@@H](C(C)C)C(=O)N1C. The second-order valence-electron chi connectivity index (χ2n) is 26.3. The van der Waals surface area contributed by atoms with Gasteiger partial charge in [-0.1, -0.05) is 102 Å². The number of amides is 11. The van der Waals surface area contributed by atoms with E-state index < -0.39 is 175 Å². The second kappa shape index (κ2) is 37.9. The first kappa shape index (κ1) is 81.8. The summed E-state index contributed by atoms with van der Waals surface area (Å²) in [4.78, 5) is 171. The van der Waals surface area contributed by atoms with Gasteiger partial charge in [0.1, 0.15) is 66.5 Å². The first-order valence-corrected chi connectivity index (χ1v) is 32.0. The highest BCUT2D eigenvalue weighted by Gasteiger charge is 2.47. The maximum atomic E-state index is 15.2. The van der Waals surface area contributed by atoms with Crippen molar-refractivity contribution >= 4 is 65.0 Å². The lowest BCUT2D eigenvalue weighted by atomic mass is 9.93. The monoisotopic (exact) mass is 1280 g/mol. The van der Waals surface area contributed by atoms with E-state index in [0.29, 0.717) is 0 Å². The molecule has 1 unspecified atom stereocenters. The minimum Gasteiger partial charge on any atom is -0.394 e. The van der Waals surface area contributed by atoms with E-state index in [1.54, 1.807) is 67.5 Å². The normalized spacial score (nSPS) is 27.2. The third-order valence-electron chi connectivity index (χ3n) is 16.7. The van der Waals surface area contributed by atoms with Crippen molar-refractivity contribution in [3.05, 3.63) is 12.2 Å². The van der Waals surface area contributed by atoms with E-state index in [2.05, 4.69) is 21.3 Å². The molecular formula is C64H115N11O15. The van der Waals surface area contributed by atoms with Gasteiger partial charge in [-0.15, -0.1) is 0 Å². The van der Waals surface area contributed by atoms with Gasteiger partial charge in [0.25, 0.3) is 0 Å². The smallest absolute Gasteiger partial charge is 0.248 e. The van der Waals surface area contributed by atoms with Crippen LogP contribution in [-0.4, -0.2) is 262 Å². The number of hydrogen-bond acceptors (Lipinski definition) is 15. The van der Waals surface area contributed by atoms with Crippen LogP contribution < -0.4 is 21.3 Å². The van der Waals surface area contributed by atoms with Gasteiger partial charge >= 0.3 is 0 Å². The fraction of sp³-hybridized carbons (Fsp3) is 0.797. The van der Waals surface area contributed by atoms with Crippen LogP contribution in [0.5, 0.6) is 0 Å². The van der Waals surface area contributed by atoms with Gasteiger partial charge in [0.15, 0.2) is 0 Å². The van der Waals surface area contributed by atoms with Crippen LogP contribution in [0.4, 0.5) is 0 Å². The average Bonchev–Trinajstić information content (AvgIpc) is 2.68. The molecule has 1 heterocycles. The summed E-state index contributed by atoms with van der Waals surface area (Å²) in [6.07, 6.45) is 0.938. The van der Waals surface area contributed by atoms with Crippen molar-refractivity contribution in [1.82, 2.24) is 55.6 Å². The van der Waals surface area contributed by atoms with Crippen molar-refractivity contribution in [3.63, 3.8) is 0 Å². The highest BCUT2D eigenvalue weighted by Crippen LogP contribution is 2.26. The lowest BCUT2D eigenvalue weighted by Crippen LogP contribution is -2.65. The molecule has 1 rings (SSSR count). The van der Waals surface area contributed by atoms with Gasteiger partial charge in [-0.2, -0.15) is 0 Å². The van der Waals surface area contributed by atoms with Crippen LogP contribution >= 0.6 is 0 Å². The first-order chi connectivity index (χ1) is 41.8. The third-order valence-corrected chi connectivity index (χ3v) is 16.7. The van der Waals surface area contributed by atoms with Crippen LogP contribution in [0.1, 0.15) is 150 Å². The van der Waals surface area contributed by atoms with Crippen molar-refractivity contribution < 1.29 is 72.8 Å². The molecule has 1 aliphatic rings. The van der Waals surface area contributed by atoms with Crippen LogP contribution in [0.3, 0.4) is 0 Å². The summed E-state index contributed by atoms with van der Waals surface area (Å²) in [6, 6.07) is -15.2. The third kappa shape index (κ3) is 22.0. The molecule has 11 amide bonds. The zero-order chi connectivity index (χ0) is 69.7. The molecule has 26 heteroatoms. The van der Waals surface area contributed by atoms with Gasteiger partial charge in [-0.25, -0.2) is 0 Å². The molecule has 516 valence electrons. The number of likely N-dealkylation sites (N-methyl/N-ethyl adjacent to an activating group) is 6. The standard InChI is InChI=1S/C64H115N11O15/c1-24-27-40(14)53(78)52-57(82)67-44(26-3)59(84)75(28-25-2)48(34-77)62(87)73(22)51(43(17)90-30-29-76)56(81)68-49(38(10)11)63(88)69(18)45(31-35(4)5)55(80)65-41(15)54(79)66-42(16)58(83)70(19)46(32-36(6)7)60(85)71(20)47(33-37(8)9)61(86)72(21)50(39(12)13)64(89)74(52)23/h24,27,35-53,76-78H,25-26,28-34H2,1-23H3,(H,65,80)(H,66,79)(H,67,82)(H,68,81)/b27-24+/t40-,41+,42-,43-,44+,45+,46+,47+,48-,49+,50+,51?,52+,53-/m1/s1. The fourth-order valence-electron chi connectivity index (χ4n) is 11.4. The van der Waals surface area contributed by atoms with Crippen molar-refractivity contribution in [3.8, 4) is 0 Å². The maximum absolute atomic E-state index is 15.2. The summed E-state index contributed by atoms with van der Waals surface area (Å²) < 4.78 is 5.82. The van der Waals surface area contributed by atoms with Crippen molar-refractivity contribution in [2.75, 3.05) is 68.7 Å². The molecule has 1 aliphatic heterocycles. The Morgan fingerprint density at radius 3 is 1.39 bits per heavy atom. The highest BCUT2D eigenvalue weighted by molar-refractivity contribution is 6.00. The van der Waals surface area contributed by atoms with Gasteiger partial charge in [0.2, 0.25) is 65.0 Å². The Morgan fingerprint density at radius 2 is 0.933 bits per heavy atom. The van der Waals surface area contributed by atoms with Crippen molar-refractivity contribution in [2.45, 2.75) is 228 Å². The quantitative estimate of drug-likeness (QED) is 0.0899. The minimum absolute atomic E-state index is 0.0935. The predicted octanol–water partition coefficient (Wildman–Crippen LogP) is 1.37. The molecule has 90 heavy (non-hydrogen) atoms. The van der Waals surface area contributed by atoms with E-state index >= 15 is 24.0 Å². The number of ether oxygens (including phenoxy) is 1. The molecule has 0 aromatic rings. The van der Waals surface area contributed by atoms with Crippen LogP contribution in [0.25, 0.3) is 0 Å². The second-order valence-corrected chi connectivity index (χ2v) is 26.3. The molecule has 0 aromatic heterocycles. The zero-order valence-electron chi connectivity index (χ0n) is 58.4. The Morgan fingerprint density at radius 1 is 0.489 bits per heavy atom. The summed E-state index contributed by atoms with van der Waals surface area (Å²) in [5.74, 6) is -11.2. The fourth-order valence-corrected chi connectivity index (χ4v) is 11.4. The molecule has 1 saturated heterocycles. The Labute approximate surface area is 536 Å². The molecule has 0 radical (unpaired) electrons. The maximum Gasteiger partial charge on any atom is 0.248 e. The molecule has 0 aliphatic carbocycles. The van der Waals surface area contributed by atoms with E-state index in [0.717, 1.165) is 19.6 Å². The van der Waals surface area contributed by atoms with Gasteiger partial charge < -0.3 is 75.6 Å². The summed E-state index contributed by atoms with van der Waals surface area (Å²) in [7, 11) is 8.19. The van der Waals surface area contributed by atoms with Crippen molar-refractivity contribution in [1.29, 1.82) is 0 Å². The zero-order valence-corrected chi connectivity index (χ0v) is 58.4. The Bertz CT molecular complexity index is 2440. The molecular weight excluding hydrogens is 1160 g/mol. The molecule has 0 aromatic carbocycles. The number of aliphatic hydroxyl groups is 3. The largest absolute Gasteiger partial charge is 0.394 e. The van der Waals surface area contributed by atoms with Crippen LogP contribution in [0.15, 0.2) is 12.2 Å². The lowest BCUT2D eigenvalue weighted by molar-refractivity contribution is -0.158. The van der Waals surface area contributed by atoms with Gasteiger partial charge in [0.05, 0.1) is 32.0 Å². The van der Waals surface area contributed by atoms with E-state index in [4.69, 9.17) is 4.74 Å². The Hall–Kier alpha value is -6.25. The van der Waals surface area contributed by atoms with E-state index in [9.17, 15) is 44.1 Å². The van der Waals surface area contributed by atoms with Gasteiger partial charge in [-0.05, 0) is 89.4 Å². The van der Waals surface area contributed by atoms with Crippen LogP contribution in [0.2, 0.25) is 0 Å². The summed E-state index contributed by atoms with van der Waals surface area (Å²) >= 11 is 0. The number of aliphatic hydroxyl groups excluding tert-OH is 3. The van der Waals surface area contributed by atoms with Crippen LogP contribution in [-0.2, 0) is 57.5 Å². The number of nitrogens with one attached hydrogen (secondary N) is 4. The molecule has 0 bridgehead atoms. The number of hydrogen-bond donors (Lipinski definition) is 7. The first-order valence-electron chi connectivity index (χ1n) is 32.0. The minimum atomic E-state index is -1.72. The van der Waals surface area contributed by atoms with Gasteiger partial charge in [0, 0.05) is 54.7 Å². The Kier molecular flexibility index (Phi) is 34.5. The van der Waals surface area contributed by atoms with Crippen molar-refractivity contribution in [2.24, 2.45) is 35.5 Å². The highest BCUT2D eigenvalue weighted by atomic mass is 16.5. The van der Waals surface area contributed by atoms with Gasteiger partial charge in [-0.3, -0.25) is 52.7 Å². The summed E-state index contributed by atoms with van der Waals surface area (Å²) in [5.41, 5.74) is 0. The summed E-state index contributed by atoms with van der Waals surface area (Å²) in [6.45, 7) is 26.8. The van der Waals surface area contributed by atoms with Crippen LogP contribution in [0, 0.1) is 35.5 Å². The number of carbonyl (C=O) groups excluding carboxylic acids is 11. The summed E-state index contributed by atoms with van der Waals surface area (Å²) in [5, 5.41) is 43.8.